The molecule has 0 N–H and O–H groups in total. The molecule has 0 saturated carbocycles. The van der Waals surface area contributed by atoms with Gasteiger partial charge in [0.05, 0.1) is 18.2 Å². The summed E-state index contributed by atoms with van der Waals surface area (Å²) >= 11 is 0. The van der Waals surface area contributed by atoms with E-state index in [4.69, 9.17) is 5.26 Å². The van der Waals surface area contributed by atoms with Crippen LogP contribution < -0.4 is 0 Å². The molecule has 0 radical (unpaired) electrons. The Morgan fingerprint density at radius 1 is 1.37 bits per heavy atom. The van der Waals surface area contributed by atoms with Crippen LogP contribution in [0.1, 0.15) is 23.7 Å². The molecule has 0 spiro atoms. The van der Waals surface area contributed by atoms with E-state index in [1.807, 2.05) is 0 Å². The normalized spacial score (nSPS) is 11.5. The Hall–Kier alpha value is -2.29. The topological polar surface area (TPSA) is 67.2 Å². The zero-order chi connectivity index (χ0) is 14.4. The van der Waals surface area contributed by atoms with E-state index in [2.05, 4.69) is 4.74 Å². The molecule has 1 atom stereocenters. The summed E-state index contributed by atoms with van der Waals surface area (Å²) in [6.07, 6.45) is -0.618. The number of ketones is 1. The van der Waals surface area contributed by atoms with Crippen molar-refractivity contribution in [3.63, 3.8) is 0 Å². The quantitative estimate of drug-likeness (QED) is 0.606. The molecule has 100 valence electrons. The molecule has 0 saturated heterocycles. The number of esters is 1. The standard InChI is InChI=1S/C13H11F2NO3/c1-2-19-13(18)8(7-16)6-11(17)12-9(14)4-3-5-10(12)15/h3-5,8H,2,6H2,1H3. The Labute approximate surface area is 108 Å². The van der Waals surface area contributed by atoms with Crippen molar-refractivity contribution in [2.24, 2.45) is 5.92 Å². The molecule has 0 aliphatic carbocycles. The first-order valence-corrected chi connectivity index (χ1v) is 5.54. The van der Waals surface area contributed by atoms with E-state index < -0.39 is 41.3 Å². The third kappa shape index (κ3) is 3.58. The molecule has 1 unspecified atom stereocenters. The lowest BCUT2D eigenvalue weighted by Crippen LogP contribution is -2.20. The van der Waals surface area contributed by atoms with E-state index in [1.54, 1.807) is 13.0 Å². The van der Waals surface area contributed by atoms with Gasteiger partial charge in [0, 0.05) is 6.42 Å². The lowest BCUT2D eigenvalue weighted by Gasteiger charge is -2.08. The van der Waals surface area contributed by atoms with Crippen LogP contribution in [-0.2, 0) is 9.53 Å². The fourth-order valence-electron chi connectivity index (χ4n) is 1.48. The highest BCUT2D eigenvalue weighted by Gasteiger charge is 2.26. The van der Waals surface area contributed by atoms with Gasteiger partial charge in [-0.3, -0.25) is 9.59 Å². The van der Waals surface area contributed by atoms with Gasteiger partial charge in [0.25, 0.3) is 0 Å². The van der Waals surface area contributed by atoms with Crippen LogP contribution in [0.25, 0.3) is 0 Å². The van der Waals surface area contributed by atoms with E-state index in [-0.39, 0.29) is 6.61 Å². The van der Waals surface area contributed by atoms with E-state index in [0.29, 0.717) is 0 Å². The van der Waals surface area contributed by atoms with Crippen molar-refractivity contribution in [3.05, 3.63) is 35.4 Å². The number of rotatable bonds is 5. The van der Waals surface area contributed by atoms with E-state index in [1.165, 1.54) is 0 Å². The minimum absolute atomic E-state index is 0.0548. The maximum Gasteiger partial charge on any atom is 0.323 e. The monoisotopic (exact) mass is 267 g/mol. The maximum absolute atomic E-state index is 13.3. The fraction of sp³-hybridized carbons (Fsp3) is 0.308. The second-order valence-electron chi connectivity index (χ2n) is 3.66. The summed E-state index contributed by atoms with van der Waals surface area (Å²) in [7, 11) is 0. The van der Waals surface area contributed by atoms with Crippen molar-refractivity contribution in [2.45, 2.75) is 13.3 Å². The SMILES string of the molecule is CCOC(=O)C(C#N)CC(=O)c1c(F)cccc1F. The Morgan fingerprint density at radius 2 is 1.95 bits per heavy atom. The van der Waals surface area contributed by atoms with Crippen molar-refractivity contribution in [1.82, 2.24) is 0 Å². The average Bonchev–Trinajstić information content (AvgIpc) is 2.35. The van der Waals surface area contributed by atoms with Gasteiger partial charge in [-0.2, -0.15) is 5.26 Å². The van der Waals surface area contributed by atoms with Crippen molar-refractivity contribution < 1.29 is 23.1 Å². The number of halogens is 2. The third-order valence-electron chi connectivity index (χ3n) is 2.36. The molecule has 0 amide bonds. The Bertz CT molecular complexity index is 517. The molecule has 1 aromatic carbocycles. The number of nitrogens with zero attached hydrogens (tertiary/aromatic N) is 1. The molecule has 19 heavy (non-hydrogen) atoms. The summed E-state index contributed by atoms with van der Waals surface area (Å²) < 4.78 is 31.3. The van der Waals surface area contributed by atoms with Crippen LogP contribution in [0.2, 0.25) is 0 Å². The Morgan fingerprint density at radius 3 is 2.42 bits per heavy atom. The Kier molecular flexibility index (Phi) is 5.12. The zero-order valence-electron chi connectivity index (χ0n) is 10.2. The third-order valence-corrected chi connectivity index (χ3v) is 2.36. The average molecular weight is 267 g/mol. The second-order valence-corrected chi connectivity index (χ2v) is 3.66. The van der Waals surface area contributed by atoms with Crippen molar-refractivity contribution in [2.75, 3.05) is 6.61 Å². The molecule has 0 heterocycles. The van der Waals surface area contributed by atoms with Crippen LogP contribution in [0.15, 0.2) is 18.2 Å². The molecular weight excluding hydrogens is 256 g/mol. The molecule has 6 heteroatoms. The summed E-state index contributed by atoms with van der Waals surface area (Å²) in [5.41, 5.74) is -0.743. The number of benzene rings is 1. The minimum atomic E-state index is -1.37. The lowest BCUT2D eigenvalue weighted by atomic mass is 9.98. The van der Waals surface area contributed by atoms with Crippen molar-refractivity contribution in [3.8, 4) is 6.07 Å². The first kappa shape index (κ1) is 14.8. The van der Waals surface area contributed by atoms with Crippen LogP contribution in [0.5, 0.6) is 0 Å². The van der Waals surface area contributed by atoms with Gasteiger partial charge in [0.15, 0.2) is 11.7 Å². The van der Waals surface area contributed by atoms with Gasteiger partial charge in [0.2, 0.25) is 0 Å². The number of carbonyl (C=O) groups is 2. The van der Waals surface area contributed by atoms with Gasteiger partial charge in [-0.05, 0) is 19.1 Å². The number of ether oxygens (including phenoxy) is 1. The van der Waals surface area contributed by atoms with Gasteiger partial charge in [-0.15, -0.1) is 0 Å². The zero-order valence-corrected chi connectivity index (χ0v) is 10.2. The number of Topliss-reactive ketones (excluding diaryl/α,β-unsaturated/α-hetero) is 1. The summed E-state index contributed by atoms with van der Waals surface area (Å²) in [5, 5.41) is 8.77. The highest BCUT2D eigenvalue weighted by Crippen LogP contribution is 2.17. The predicted octanol–water partition coefficient (Wildman–Crippen LogP) is 2.24. The van der Waals surface area contributed by atoms with Crippen LogP contribution in [0.3, 0.4) is 0 Å². The largest absolute Gasteiger partial charge is 0.465 e. The molecular formula is C13H11F2NO3. The molecule has 4 nitrogen and oxygen atoms in total. The van der Waals surface area contributed by atoms with E-state index in [9.17, 15) is 18.4 Å². The number of carbonyl (C=O) groups excluding carboxylic acids is 2. The molecule has 0 aliphatic rings. The summed E-state index contributed by atoms with van der Waals surface area (Å²) in [5.74, 6) is -5.24. The molecule has 1 aromatic rings. The predicted molar refractivity (Wildman–Crippen MR) is 61.0 cm³/mol. The van der Waals surface area contributed by atoms with Crippen LogP contribution in [-0.4, -0.2) is 18.4 Å². The second kappa shape index (κ2) is 6.59. The molecule has 0 fully saturated rings. The first-order valence-electron chi connectivity index (χ1n) is 5.54. The van der Waals surface area contributed by atoms with E-state index in [0.717, 1.165) is 18.2 Å². The Balaban J connectivity index is 2.90. The number of hydrogen-bond acceptors (Lipinski definition) is 4. The van der Waals surface area contributed by atoms with Gasteiger partial charge in [-0.25, -0.2) is 8.78 Å². The highest BCUT2D eigenvalue weighted by atomic mass is 19.1. The summed E-state index contributed by atoms with van der Waals surface area (Å²) in [6.45, 7) is 1.60. The van der Waals surface area contributed by atoms with Crippen molar-refractivity contribution in [1.29, 1.82) is 5.26 Å². The maximum atomic E-state index is 13.3. The smallest absolute Gasteiger partial charge is 0.323 e. The fourth-order valence-corrected chi connectivity index (χ4v) is 1.48. The van der Waals surface area contributed by atoms with Gasteiger partial charge in [-0.1, -0.05) is 6.07 Å². The molecule has 0 bridgehead atoms. The number of nitriles is 1. The van der Waals surface area contributed by atoms with Crippen LogP contribution in [0, 0.1) is 28.9 Å². The van der Waals surface area contributed by atoms with E-state index >= 15 is 0 Å². The minimum Gasteiger partial charge on any atom is -0.465 e. The van der Waals surface area contributed by atoms with Gasteiger partial charge < -0.3 is 4.74 Å². The summed E-state index contributed by atoms with van der Waals surface area (Å²) in [4.78, 5) is 23.1. The highest BCUT2D eigenvalue weighted by molar-refractivity contribution is 5.99. The summed E-state index contributed by atoms with van der Waals surface area (Å²) in [6, 6.07) is 4.57. The van der Waals surface area contributed by atoms with Crippen molar-refractivity contribution >= 4 is 11.8 Å². The van der Waals surface area contributed by atoms with Gasteiger partial charge in [0.1, 0.15) is 11.6 Å². The molecule has 0 aromatic heterocycles. The molecule has 0 aliphatic heterocycles. The van der Waals surface area contributed by atoms with Gasteiger partial charge >= 0.3 is 5.97 Å². The van der Waals surface area contributed by atoms with Crippen LogP contribution in [0.4, 0.5) is 8.78 Å². The molecule has 1 rings (SSSR count). The first-order chi connectivity index (χ1) is 9.01. The lowest BCUT2D eigenvalue weighted by molar-refractivity contribution is -0.145. The number of hydrogen-bond donors (Lipinski definition) is 0. The van der Waals surface area contributed by atoms with Crippen LogP contribution >= 0.6 is 0 Å².